The molecule has 2 N–H and O–H groups in total. The monoisotopic (exact) mass is 172 g/mol. The number of urea groups is 1. The lowest BCUT2D eigenvalue weighted by atomic mass is 10.5. The lowest BCUT2D eigenvalue weighted by molar-refractivity contribution is 0.241. The summed E-state index contributed by atoms with van der Waals surface area (Å²) < 4.78 is 12.1. The van der Waals surface area contributed by atoms with Crippen LogP contribution in [0.1, 0.15) is 19.8 Å². The summed E-state index contributed by atoms with van der Waals surface area (Å²) in [5.74, 6) is -0.276. The van der Waals surface area contributed by atoms with Crippen LogP contribution in [-0.2, 0) is 0 Å². The molecule has 2 amide bonds. The Hall–Kier alpha value is -1.06. The highest BCUT2D eigenvalue weighted by atomic mass is 19.1. The molecule has 0 aliphatic heterocycles. The molecule has 0 radical (unpaired) electrons. The number of allylic oxidation sites excluding steroid dienone is 1. The molecule has 1 saturated carbocycles. The first-order valence-electron chi connectivity index (χ1n) is 4.05. The van der Waals surface area contributed by atoms with Crippen LogP contribution in [0.3, 0.4) is 0 Å². The Balaban J connectivity index is 2.05. The fraction of sp³-hybridized carbons (Fsp3) is 0.625. The van der Waals surface area contributed by atoms with Gasteiger partial charge in [0.25, 0.3) is 0 Å². The van der Waals surface area contributed by atoms with Gasteiger partial charge in [0.2, 0.25) is 0 Å². The maximum atomic E-state index is 12.1. The Morgan fingerprint density at radius 2 is 2.33 bits per heavy atom. The Morgan fingerprint density at radius 1 is 1.67 bits per heavy atom. The van der Waals surface area contributed by atoms with E-state index in [9.17, 15) is 9.18 Å². The van der Waals surface area contributed by atoms with Gasteiger partial charge in [-0.25, -0.2) is 9.18 Å². The number of nitrogens with one attached hydrogen (secondary N) is 2. The number of halogens is 1. The van der Waals surface area contributed by atoms with Crippen molar-refractivity contribution in [2.75, 3.05) is 6.54 Å². The van der Waals surface area contributed by atoms with Crippen LogP contribution >= 0.6 is 0 Å². The van der Waals surface area contributed by atoms with Gasteiger partial charge in [-0.05, 0) is 25.8 Å². The van der Waals surface area contributed by atoms with Gasteiger partial charge in [-0.15, -0.1) is 0 Å². The van der Waals surface area contributed by atoms with Crippen LogP contribution in [0.25, 0.3) is 0 Å². The smallest absolute Gasteiger partial charge is 0.315 e. The molecule has 1 aliphatic carbocycles. The molecular weight excluding hydrogens is 159 g/mol. The normalized spacial score (nSPS) is 17.3. The summed E-state index contributed by atoms with van der Waals surface area (Å²) >= 11 is 0. The Morgan fingerprint density at radius 3 is 2.83 bits per heavy atom. The zero-order chi connectivity index (χ0) is 8.97. The molecule has 3 nitrogen and oxygen atoms in total. The van der Waals surface area contributed by atoms with E-state index in [1.54, 1.807) is 0 Å². The summed E-state index contributed by atoms with van der Waals surface area (Å²) in [6.45, 7) is 1.60. The van der Waals surface area contributed by atoms with Crippen molar-refractivity contribution in [2.24, 2.45) is 0 Å². The second-order valence-electron chi connectivity index (χ2n) is 2.92. The molecule has 0 bridgehead atoms. The molecule has 68 valence electrons. The summed E-state index contributed by atoms with van der Waals surface area (Å²) in [5.41, 5.74) is 0. The molecule has 1 aliphatic rings. The molecule has 0 aromatic heterocycles. The van der Waals surface area contributed by atoms with Crippen molar-refractivity contribution in [1.29, 1.82) is 0 Å². The molecule has 12 heavy (non-hydrogen) atoms. The third-order valence-corrected chi connectivity index (χ3v) is 1.56. The quantitative estimate of drug-likeness (QED) is 0.662. The van der Waals surface area contributed by atoms with Crippen LogP contribution in [0.4, 0.5) is 9.18 Å². The maximum absolute atomic E-state index is 12.1. The third-order valence-electron chi connectivity index (χ3n) is 1.56. The van der Waals surface area contributed by atoms with Gasteiger partial charge < -0.3 is 10.6 Å². The summed E-state index contributed by atoms with van der Waals surface area (Å²) in [6, 6.07) is 0.135. The van der Waals surface area contributed by atoms with Crippen molar-refractivity contribution in [3.8, 4) is 0 Å². The fourth-order valence-electron chi connectivity index (χ4n) is 0.748. The lowest BCUT2D eigenvalue weighted by Gasteiger charge is -2.02. The average Bonchev–Trinajstić information content (AvgIpc) is 2.70. The molecule has 0 aromatic carbocycles. The van der Waals surface area contributed by atoms with Gasteiger partial charge in [-0.2, -0.15) is 0 Å². The molecule has 0 heterocycles. The first-order valence-corrected chi connectivity index (χ1v) is 4.05. The van der Waals surface area contributed by atoms with Gasteiger partial charge in [0.15, 0.2) is 0 Å². The van der Waals surface area contributed by atoms with Gasteiger partial charge >= 0.3 is 6.03 Å². The summed E-state index contributed by atoms with van der Waals surface area (Å²) in [4.78, 5) is 10.9. The van der Waals surface area contributed by atoms with Crippen LogP contribution in [0.5, 0.6) is 0 Å². The van der Waals surface area contributed by atoms with E-state index in [1.807, 2.05) is 0 Å². The molecule has 0 spiro atoms. The number of hydrogen-bond acceptors (Lipinski definition) is 1. The van der Waals surface area contributed by atoms with Crippen molar-refractivity contribution < 1.29 is 9.18 Å². The van der Waals surface area contributed by atoms with Gasteiger partial charge in [-0.1, -0.05) is 0 Å². The maximum Gasteiger partial charge on any atom is 0.315 e. The molecule has 0 aromatic rings. The topological polar surface area (TPSA) is 41.1 Å². The Kier molecular flexibility index (Phi) is 3.08. The van der Waals surface area contributed by atoms with Crippen LogP contribution in [0.15, 0.2) is 11.9 Å². The molecule has 0 unspecified atom stereocenters. The number of carbonyl (C=O) groups is 1. The highest BCUT2D eigenvalue weighted by molar-refractivity contribution is 5.74. The first-order chi connectivity index (χ1) is 5.68. The average molecular weight is 172 g/mol. The zero-order valence-electron chi connectivity index (χ0n) is 7.06. The molecule has 4 heteroatoms. The van der Waals surface area contributed by atoms with E-state index in [2.05, 4.69) is 10.6 Å². The Bertz CT molecular complexity index is 195. The third kappa shape index (κ3) is 3.95. The van der Waals surface area contributed by atoms with E-state index in [-0.39, 0.29) is 18.4 Å². The van der Waals surface area contributed by atoms with Crippen molar-refractivity contribution in [1.82, 2.24) is 10.6 Å². The van der Waals surface area contributed by atoms with E-state index in [4.69, 9.17) is 0 Å². The van der Waals surface area contributed by atoms with Crippen molar-refractivity contribution in [2.45, 2.75) is 25.8 Å². The largest absolute Gasteiger partial charge is 0.335 e. The van der Waals surface area contributed by atoms with Gasteiger partial charge in [0, 0.05) is 12.6 Å². The summed E-state index contributed by atoms with van der Waals surface area (Å²) in [6.07, 6.45) is 3.45. The first kappa shape index (κ1) is 9.03. The lowest BCUT2D eigenvalue weighted by Crippen LogP contribution is -2.36. The molecule has 0 saturated heterocycles. The molecular formula is C8H13FN2O. The van der Waals surface area contributed by atoms with Crippen molar-refractivity contribution in [3.05, 3.63) is 11.9 Å². The molecule has 1 fully saturated rings. The second-order valence-corrected chi connectivity index (χ2v) is 2.92. The van der Waals surface area contributed by atoms with Gasteiger partial charge in [0.1, 0.15) is 0 Å². The number of hydrogen-bond donors (Lipinski definition) is 2. The minimum atomic E-state index is -0.276. The van der Waals surface area contributed by atoms with Crippen molar-refractivity contribution in [3.63, 3.8) is 0 Å². The highest BCUT2D eigenvalue weighted by Gasteiger charge is 2.22. The van der Waals surface area contributed by atoms with E-state index >= 15 is 0 Å². The SMILES string of the molecule is C/C(F)=C/CNC(=O)NC1CC1. The van der Waals surface area contributed by atoms with Crippen LogP contribution in [0.2, 0.25) is 0 Å². The van der Waals surface area contributed by atoms with E-state index in [1.165, 1.54) is 13.0 Å². The minimum absolute atomic E-state index is 0.213. The van der Waals surface area contributed by atoms with Crippen LogP contribution in [0, 0.1) is 0 Å². The zero-order valence-corrected chi connectivity index (χ0v) is 7.06. The van der Waals surface area contributed by atoms with E-state index < -0.39 is 0 Å². The van der Waals surface area contributed by atoms with Crippen molar-refractivity contribution >= 4 is 6.03 Å². The molecule has 0 atom stereocenters. The number of amides is 2. The predicted molar refractivity (Wildman–Crippen MR) is 44.4 cm³/mol. The van der Waals surface area contributed by atoms with E-state index in [0.29, 0.717) is 6.04 Å². The fourth-order valence-corrected chi connectivity index (χ4v) is 0.748. The standard InChI is InChI=1S/C8H13FN2O/c1-6(9)4-5-10-8(12)11-7-2-3-7/h4,7H,2-3,5H2,1H3,(H2,10,11,12)/b6-4-. The summed E-state index contributed by atoms with van der Waals surface area (Å²) in [7, 11) is 0. The van der Waals surface area contributed by atoms with Crippen LogP contribution < -0.4 is 10.6 Å². The van der Waals surface area contributed by atoms with Gasteiger partial charge in [0.05, 0.1) is 5.83 Å². The second kappa shape index (κ2) is 4.09. The van der Waals surface area contributed by atoms with Crippen LogP contribution in [-0.4, -0.2) is 18.6 Å². The predicted octanol–water partition coefficient (Wildman–Crippen LogP) is 1.32. The van der Waals surface area contributed by atoms with Gasteiger partial charge in [-0.3, -0.25) is 0 Å². The Labute approximate surface area is 71.0 Å². The summed E-state index contributed by atoms with van der Waals surface area (Å²) in [5, 5.41) is 5.24. The minimum Gasteiger partial charge on any atom is -0.335 e. The molecule has 1 rings (SSSR count). The highest BCUT2D eigenvalue weighted by Crippen LogP contribution is 2.18. The number of carbonyl (C=O) groups excluding carboxylic acids is 1. The number of rotatable bonds is 3. The van der Waals surface area contributed by atoms with E-state index in [0.717, 1.165) is 12.8 Å².